The second-order valence-corrected chi connectivity index (χ2v) is 6.47. The Bertz CT molecular complexity index is 615. The van der Waals surface area contributed by atoms with Gasteiger partial charge >= 0.3 is 0 Å². The van der Waals surface area contributed by atoms with Gasteiger partial charge in [-0.25, -0.2) is 13.1 Å². The van der Waals surface area contributed by atoms with Crippen LogP contribution in [0.2, 0.25) is 0 Å². The molecule has 2 N–H and O–H groups in total. The molecule has 0 atom stereocenters. The number of nitrogens with one attached hydrogen (secondary N) is 2. The fourth-order valence-electron chi connectivity index (χ4n) is 1.83. The molecule has 8 heteroatoms. The summed E-state index contributed by atoms with van der Waals surface area (Å²) in [6.45, 7) is 1.65. The number of fused-ring (bicyclic) bond motifs is 1. The third-order valence-electron chi connectivity index (χ3n) is 2.81. The van der Waals surface area contributed by atoms with Crippen LogP contribution in [0, 0.1) is 0 Å². The first-order chi connectivity index (χ1) is 9.96. The molecule has 7 nitrogen and oxygen atoms in total. The molecule has 1 aliphatic rings. The van der Waals surface area contributed by atoms with Gasteiger partial charge in [0.25, 0.3) is 5.91 Å². The molecular formula is C13H18N2O5S. The van der Waals surface area contributed by atoms with Crippen LogP contribution in [-0.2, 0) is 10.0 Å². The SMILES string of the molecule is CS(=O)(=O)NCCCNC(=O)c1ccc2c(c1)OCCO2. The minimum Gasteiger partial charge on any atom is -0.486 e. The van der Waals surface area contributed by atoms with Crippen LogP contribution in [0.25, 0.3) is 0 Å². The fraction of sp³-hybridized carbons (Fsp3) is 0.462. The van der Waals surface area contributed by atoms with Gasteiger partial charge in [-0.05, 0) is 24.6 Å². The Kier molecular flexibility index (Phi) is 5.03. The van der Waals surface area contributed by atoms with Crippen LogP contribution >= 0.6 is 0 Å². The Hall–Kier alpha value is -1.80. The minimum absolute atomic E-state index is 0.230. The number of ether oxygens (including phenoxy) is 2. The van der Waals surface area contributed by atoms with Gasteiger partial charge < -0.3 is 14.8 Å². The summed E-state index contributed by atoms with van der Waals surface area (Å²) in [5.41, 5.74) is 0.482. The van der Waals surface area contributed by atoms with Crippen LogP contribution < -0.4 is 19.5 Å². The van der Waals surface area contributed by atoms with Crippen molar-refractivity contribution in [3.63, 3.8) is 0 Å². The fourth-order valence-corrected chi connectivity index (χ4v) is 2.35. The van der Waals surface area contributed by atoms with Gasteiger partial charge in [0.15, 0.2) is 11.5 Å². The quantitative estimate of drug-likeness (QED) is 0.728. The maximum atomic E-state index is 11.9. The zero-order chi connectivity index (χ0) is 15.3. The van der Waals surface area contributed by atoms with Crippen molar-refractivity contribution in [2.24, 2.45) is 0 Å². The Morgan fingerprint density at radius 2 is 1.90 bits per heavy atom. The molecule has 2 rings (SSSR count). The van der Waals surface area contributed by atoms with E-state index in [0.717, 1.165) is 6.26 Å². The van der Waals surface area contributed by atoms with Crippen LogP contribution in [0.1, 0.15) is 16.8 Å². The number of amides is 1. The molecule has 1 aromatic carbocycles. The number of sulfonamides is 1. The third kappa shape index (κ3) is 4.91. The topological polar surface area (TPSA) is 93.7 Å². The molecule has 116 valence electrons. The number of hydrogen-bond acceptors (Lipinski definition) is 5. The molecule has 0 aromatic heterocycles. The van der Waals surface area contributed by atoms with E-state index in [1.807, 2.05) is 0 Å². The zero-order valence-corrected chi connectivity index (χ0v) is 12.5. The molecular weight excluding hydrogens is 296 g/mol. The Balaban J connectivity index is 1.81. The van der Waals surface area contributed by atoms with E-state index in [4.69, 9.17) is 9.47 Å². The molecule has 0 radical (unpaired) electrons. The number of hydrogen-bond donors (Lipinski definition) is 2. The second kappa shape index (κ2) is 6.77. The highest BCUT2D eigenvalue weighted by Gasteiger charge is 2.14. The second-order valence-electron chi connectivity index (χ2n) is 4.63. The first-order valence-electron chi connectivity index (χ1n) is 6.58. The Labute approximate surface area is 123 Å². The molecule has 0 saturated heterocycles. The van der Waals surface area contributed by atoms with Gasteiger partial charge in [0.05, 0.1) is 6.26 Å². The van der Waals surface area contributed by atoms with Gasteiger partial charge in [-0.3, -0.25) is 4.79 Å². The van der Waals surface area contributed by atoms with Gasteiger partial charge in [0.1, 0.15) is 13.2 Å². The highest BCUT2D eigenvalue weighted by Crippen LogP contribution is 2.30. The van der Waals surface area contributed by atoms with Crippen LogP contribution in [0.3, 0.4) is 0 Å². The summed E-state index contributed by atoms with van der Waals surface area (Å²) in [6.07, 6.45) is 1.62. The van der Waals surface area contributed by atoms with Crippen molar-refractivity contribution < 1.29 is 22.7 Å². The van der Waals surface area contributed by atoms with Crippen LogP contribution in [0.15, 0.2) is 18.2 Å². The number of benzene rings is 1. The van der Waals surface area contributed by atoms with Crippen LogP contribution in [0.5, 0.6) is 11.5 Å². The Morgan fingerprint density at radius 3 is 2.62 bits per heavy atom. The predicted octanol–water partition coefficient (Wildman–Crippen LogP) is 0.127. The monoisotopic (exact) mass is 314 g/mol. The maximum Gasteiger partial charge on any atom is 0.251 e. The highest BCUT2D eigenvalue weighted by atomic mass is 32.2. The molecule has 1 aliphatic heterocycles. The maximum absolute atomic E-state index is 11.9. The average molecular weight is 314 g/mol. The van der Waals surface area contributed by atoms with E-state index < -0.39 is 10.0 Å². The van der Waals surface area contributed by atoms with Crippen molar-refractivity contribution >= 4 is 15.9 Å². The molecule has 0 unspecified atom stereocenters. The summed E-state index contributed by atoms with van der Waals surface area (Å²) in [5.74, 6) is 0.967. The van der Waals surface area contributed by atoms with Gasteiger partial charge in [0.2, 0.25) is 10.0 Å². The van der Waals surface area contributed by atoms with E-state index in [9.17, 15) is 13.2 Å². The molecule has 21 heavy (non-hydrogen) atoms. The molecule has 0 bridgehead atoms. The number of carbonyl (C=O) groups is 1. The lowest BCUT2D eigenvalue weighted by molar-refractivity contribution is 0.0952. The predicted molar refractivity (Wildman–Crippen MR) is 77.2 cm³/mol. The van der Waals surface area contributed by atoms with E-state index in [1.54, 1.807) is 18.2 Å². The lowest BCUT2D eigenvalue weighted by Crippen LogP contribution is -2.29. The zero-order valence-electron chi connectivity index (χ0n) is 11.7. The molecule has 1 amide bonds. The summed E-state index contributed by atoms with van der Waals surface area (Å²) in [6, 6.07) is 5.00. The molecule has 0 spiro atoms. The summed E-state index contributed by atoms with van der Waals surface area (Å²) >= 11 is 0. The van der Waals surface area contributed by atoms with Crippen molar-refractivity contribution in [2.75, 3.05) is 32.6 Å². The van der Waals surface area contributed by atoms with Gasteiger partial charge in [0, 0.05) is 18.7 Å². The lowest BCUT2D eigenvalue weighted by Gasteiger charge is -2.18. The Morgan fingerprint density at radius 1 is 1.19 bits per heavy atom. The number of carbonyl (C=O) groups excluding carboxylic acids is 1. The summed E-state index contributed by atoms with van der Waals surface area (Å²) < 4.78 is 34.9. The van der Waals surface area contributed by atoms with Crippen molar-refractivity contribution in [2.45, 2.75) is 6.42 Å². The van der Waals surface area contributed by atoms with E-state index in [1.165, 1.54) is 0 Å². The first-order valence-corrected chi connectivity index (χ1v) is 8.47. The molecule has 0 saturated carbocycles. The normalized spacial score (nSPS) is 13.8. The van der Waals surface area contributed by atoms with E-state index in [-0.39, 0.29) is 5.91 Å². The molecule has 0 fully saturated rings. The van der Waals surface area contributed by atoms with Crippen molar-refractivity contribution in [3.05, 3.63) is 23.8 Å². The molecule has 1 heterocycles. The van der Waals surface area contributed by atoms with E-state index in [2.05, 4.69) is 10.0 Å². The largest absolute Gasteiger partial charge is 0.486 e. The average Bonchev–Trinajstić information content (AvgIpc) is 2.45. The number of rotatable bonds is 6. The smallest absolute Gasteiger partial charge is 0.251 e. The van der Waals surface area contributed by atoms with Crippen molar-refractivity contribution in [1.82, 2.24) is 10.0 Å². The summed E-state index contributed by atoms with van der Waals surface area (Å²) in [5, 5.41) is 2.72. The van der Waals surface area contributed by atoms with E-state index in [0.29, 0.717) is 49.8 Å². The molecule has 1 aromatic rings. The van der Waals surface area contributed by atoms with Crippen LogP contribution in [0.4, 0.5) is 0 Å². The highest BCUT2D eigenvalue weighted by molar-refractivity contribution is 7.88. The summed E-state index contributed by atoms with van der Waals surface area (Å²) in [7, 11) is -3.18. The van der Waals surface area contributed by atoms with Gasteiger partial charge in [-0.1, -0.05) is 0 Å². The standard InChI is InChI=1S/C13H18N2O5S/c1-21(17,18)15-6-2-5-14-13(16)10-3-4-11-12(9-10)20-8-7-19-11/h3-4,9,15H,2,5-8H2,1H3,(H,14,16). The minimum atomic E-state index is -3.18. The van der Waals surface area contributed by atoms with Crippen LogP contribution in [-0.4, -0.2) is 46.9 Å². The van der Waals surface area contributed by atoms with Crippen molar-refractivity contribution in [1.29, 1.82) is 0 Å². The van der Waals surface area contributed by atoms with Gasteiger partial charge in [-0.15, -0.1) is 0 Å². The first kappa shape index (κ1) is 15.6. The lowest BCUT2D eigenvalue weighted by atomic mass is 10.2. The summed E-state index contributed by atoms with van der Waals surface area (Å²) in [4.78, 5) is 11.9. The van der Waals surface area contributed by atoms with Crippen molar-refractivity contribution in [3.8, 4) is 11.5 Å². The van der Waals surface area contributed by atoms with Gasteiger partial charge in [-0.2, -0.15) is 0 Å². The third-order valence-corrected chi connectivity index (χ3v) is 3.54. The molecule has 0 aliphatic carbocycles. The van der Waals surface area contributed by atoms with E-state index >= 15 is 0 Å².